The number of nitrogens with zero attached hydrogens (tertiary/aromatic N) is 1. The van der Waals surface area contributed by atoms with Crippen LogP contribution in [-0.2, 0) is 4.74 Å². The third-order valence-corrected chi connectivity index (χ3v) is 5.91. The molecule has 1 aromatic carbocycles. The molecule has 3 heteroatoms. The Balaban J connectivity index is 1.74. The molecule has 0 bridgehead atoms. The van der Waals surface area contributed by atoms with Gasteiger partial charge in [-0.25, -0.2) is 0 Å². The Morgan fingerprint density at radius 2 is 1.71 bits per heavy atom. The van der Waals surface area contributed by atoms with Crippen LogP contribution < -0.4 is 0 Å². The molecule has 1 saturated carbocycles. The summed E-state index contributed by atoms with van der Waals surface area (Å²) in [5.41, 5.74) is 1.17. The van der Waals surface area contributed by atoms with Gasteiger partial charge in [-0.2, -0.15) is 0 Å². The van der Waals surface area contributed by atoms with Crippen molar-refractivity contribution < 1.29 is 9.84 Å². The SMILES string of the molecule is O[C@]12CCCC[C@]13CCCCN3[C@H](c1ccccc1)CO2. The van der Waals surface area contributed by atoms with Crippen LogP contribution in [0.15, 0.2) is 30.3 Å². The highest BCUT2D eigenvalue weighted by Crippen LogP contribution is 2.53. The maximum atomic E-state index is 11.2. The van der Waals surface area contributed by atoms with Crippen LogP contribution in [0.25, 0.3) is 0 Å². The average Bonchev–Trinajstić information content (AvgIpc) is 2.54. The third-order valence-electron chi connectivity index (χ3n) is 5.91. The van der Waals surface area contributed by atoms with E-state index in [-0.39, 0.29) is 5.54 Å². The summed E-state index contributed by atoms with van der Waals surface area (Å²) in [6.45, 7) is 1.70. The van der Waals surface area contributed by atoms with E-state index in [1.807, 2.05) is 0 Å². The Bertz CT molecular complexity index is 499. The molecular weight excluding hydrogens is 262 g/mol. The van der Waals surface area contributed by atoms with Gasteiger partial charge in [-0.1, -0.05) is 43.2 Å². The van der Waals surface area contributed by atoms with Crippen LogP contribution in [0.4, 0.5) is 0 Å². The van der Waals surface area contributed by atoms with Crippen molar-refractivity contribution in [1.82, 2.24) is 4.90 Å². The Labute approximate surface area is 126 Å². The fraction of sp³-hybridized carbons (Fsp3) is 0.667. The smallest absolute Gasteiger partial charge is 0.184 e. The van der Waals surface area contributed by atoms with Gasteiger partial charge in [-0.05, 0) is 37.8 Å². The summed E-state index contributed by atoms with van der Waals surface area (Å²) in [5.74, 6) is -0.920. The Kier molecular flexibility index (Phi) is 3.32. The van der Waals surface area contributed by atoms with E-state index in [1.165, 1.54) is 24.8 Å². The Hall–Kier alpha value is -0.900. The van der Waals surface area contributed by atoms with E-state index in [9.17, 15) is 5.11 Å². The molecular formula is C18H25NO2. The van der Waals surface area contributed by atoms with E-state index >= 15 is 0 Å². The van der Waals surface area contributed by atoms with Crippen molar-refractivity contribution >= 4 is 0 Å². The second-order valence-corrected chi connectivity index (χ2v) is 6.91. The highest BCUT2D eigenvalue weighted by atomic mass is 16.6. The van der Waals surface area contributed by atoms with E-state index in [4.69, 9.17) is 4.74 Å². The summed E-state index contributed by atoms with van der Waals surface area (Å²) >= 11 is 0. The monoisotopic (exact) mass is 287 g/mol. The number of hydrogen-bond acceptors (Lipinski definition) is 3. The highest BCUT2D eigenvalue weighted by Gasteiger charge is 2.61. The normalized spacial score (nSPS) is 40.3. The van der Waals surface area contributed by atoms with Gasteiger partial charge >= 0.3 is 0 Å². The van der Waals surface area contributed by atoms with Crippen LogP contribution in [0.5, 0.6) is 0 Å². The van der Waals surface area contributed by atoms with Gasteiger partial charge in [-0.15, -0.1) is 0 Å². The first-order valence-corrected chi connectivity index (χ1v) is 8.43. The van der Waals surface area contributed by atoms with Crippen molar-refractivity contribution in [3.8, 4) is 0 Å². The second-order valence-electron chi connectivity index (χ2n) is 6.91. The molecule has 4 rings (SSSR count). The number of morpholine rings is 1. The van der Waals surface area contributed by atoms with Gasteiger partial charge in [0.1, 0.15) is 0 Å². The molecule has 0 unspecified atom stereocenters. The number of ether oxygens (including phenoxy) is 1. The lowest BCUT2D eigenvalue weighted by Gasteiger charge is -2.63. The first-order chi connectivity index (χ1) is 10.3. The predicted molar refractivity (Wildman–Crippen MR) is 81.8 cm³/mol. The van der Waals surface area contributed by atoms with Crippen LogP contribution in [0.3, 0.4) is 0 Å². The number of hydrogen-bond donors (Lipinski definition) is 1. The zero-order chi connectivity index (χ0) is 14.3. The van der Waals surface area contributed by atoms with Gasteiger partial charge < -0.3 is 9.84 Å². The number of benzene rings is 1. The molecule has 3 fully saturated rings. The molecule has 0 radical (unpaired) electrons. The van der Waals surface area contributed by atoms with Gasteiger partial charge in [0.2, 0.25) is 0 Å². The minimum atomic E-state index is -0.920. The minimum Gasteiger partial charge on any atom is -0.364 e. The van der Waals surface area contributed by atoms with E-state index in [1.54, 1.807) is 0 Å². The van der Waals surface area contributed by atoms with Crippen LogP contribution in [0, 0.1) is 0 Å². The lowest BCUT2D eigenvalue weighted by molar-refractivity contribution is -0.341. The van der Waals surface area contributed by atoms with Gasteiger partial charge in [0.25, 0.3) is 0 Å². The van der Waals surface area contributed by atoms with Crippen molar-refractivity contribution in [3.63, 3.8) is 0 Å². The average molecular weight is 287 g/mol. The number of rotatable bonds is 1. The predicted octanol–water partition coefficient (Wildman–Crippen LogP) is 3.25. The van der Waals surface area contributed by atoms with Crippen LogP contribution >= 0.6 is 0 Å². The molecule has 3 nitrogen and oxygen atoms in total. The Morgan fingerprint density at radius 3 is 2.52 bits per heavy atom. The molecule has 1 aliphatic carbocycles. The van der Waals surface area contributed by atoms with E-state index < -0.39 is 5.79 Å². The lowest BCUT2D eigenvalue weighted by atomic mass is 9.68. The molecule has 3 aliphatic rings. The van der Waals surface area contributed by atoms with Gasteiger partial charge in [0, 0.05) is 6.42 Å². The first kappa shape index (κ1) is 13.7. The molecule has 3 atom stereocenters. The van der Waals surface area contributed by atoms with Crippen molar-refractivity contribution in [2.45, 2.75) is 62.3 Å². The molecule has 21 heavy (non-hydrogen) atoms. The molecule has 0 aromatic heterocycles. The summed E-state index contributed by atoms with van der Waals surface area (Å²) in [6.07, 6.45) is 7.70. The molecule has 2 heterocycles. The Morgan fingerprint density at radius 1 is 1.00 bits per heavy atom. The third kappa shape index (κ3) is 1.98. The molecule has 1 N–H and O–H groups in total. The lowest BCUT2D eigenvalue weighted by Crippen LogP contribution is -2.72. The quantitative estimate of drug-likeness (QED) is 0.860. The fourth-order valence-corrected chi connectivity index (χ4v) is 4.87. The summed E-state index contributed by atoms with van der Waals surface area (Å²) in [5, 5.41) is 11.2. The van der Waals surface area contributed by atoms with E-state index in [0.717, 1.165) is 32.2 Å². The van der Waals surface area contributed by atoms with Gasteiger partial charge in [0.05, 0.1) is 18.2 Å². The number of piperidine rings is 1. The molecule has 0 amide bonds. The topological polar surface area (TPSA) is 32.7 Å². The van der Waals surface area contributed by atoms with Crippen LogP contribution in [-0.4, -0.2) is 34.5 Å². The second kappa shape index (κ2) is 5.08. The first-order valence-electron chi connectivity index (χ1n) is 8.43. The largest absolute Gasteiger partial charge is 0.364 e. The molecule has 2 saturated heterocycles. The minimum absolute atomic E-state index is 0.151. The van der Waals surface area contributed by atoms with Crippen molar-refractivity contribution in [1.29, 1.82) is 0 Å². The van der Waals surface area contributed by atoms with Crippen LogP contribution in [0.2, 0.25) is 0 Å². The van der Waals surface area contributed by atoms with Crippen LogP contribution in [0.1, 0.15) is 56.6 Å². The fourth-order valence-electron chi connectivity index (χ4n) is 4.87. The maximum Gasteiger partial charge on any atom is 0.184 e. The molecule has 114 valence electrons. The number of aliphatic hydroxyl groups is 1. The zero-order valence-electron chi connectivity index (χ0n) is 12.6. The summed E-state index contributed by atoms with van der Waals surface area (Å²) < 4.78 is 6.11. The molecule has 1 spiro atoms. The molecule has 1 aromatic rings. The maximum absolute atomic E-state index is 11.2. The molecule has 2 aliphatic heterocycles. The van der Waals surface area contributed by atoms with E-state index in [2.05, 4.69) is 35.2 Å². The summed E-state index contributed by atoms with van der Waals surface area (Å²) in [4.78, 5) is 2.59. The highest BCUT2D eigenvalue weighted by molar-refractivity contribution is 5.23. The van der Waals surface area contributed by atoms with E-state index in [0.29, 0.717) is 12.6 Å². The summed E-state index contributed by atoms with van der Waals surface area (Å²) in [6, 6.07) is 11.0. The van der Waals surface area contributed by atoms with Gasteiger partial charge in [0.15, 0.2) is 5.79 Å². The zero-order valence-corrected chi connectivity index (χ0v) is 12.6. The van der Waals surface area contributed by atoms with Crippen molar-refractivity contribution in [2.24, 2.45) is 0 Å². The summed E-state index contributed by atoms with van der Waals surface area (Å²) in [7, 11) is 0. The van der Waals surface area contributed by atoms with Crippen molar-refractivity contribution in [3.05, 3.63) is 35.9 Å². The van der Waals surface area contributed by atoms with Crippen molar-refractivity contribution in [2.75, 3.05) is 13.2 Å². The van der Waals surface area contributed by atoms with Gasteiger partial charge in [-0.3, -0.25) is 4.90 Å². The standard InChI is InChI=1S/C18H25NO2/c20-18-12-5-4-10-17(18)11-6-7-13-19(17)16(14-21-18)15-8-2-1-3-9-15/h1-3,8-9,16,20H,4-7,10-14H2/t16-,17-,18-/m0/s1.